The van der Waals surface area contributed by atoms with E-state index in [9.17, 15) is 20.1 Å². The number of phenolic OH excluding ortho intramolecular Hbond substituents is 2. The third-order valence-corrected chi connectivity index (χ3v) is 5.54. The molecule has 170 valence electrons. The van der Waals surface area contributed by atoms with Crippen LogP contribution in [0.4, 0.5) is 0 Å². The molecule has 0 aliphatic carbocycles. The Morgan fingerprint density at radius 2 is 1.91 bits per heavy atom. The van der Waals surface area contributed by atoms with Crippen LogP contribution in [-0.4, -0.2) is 34.3 Å². The average Bonchev–Trinajstić information content (AvgIpc) is 2.70. The highest BCUT2D eigenvalue weighted by Crippen LogP contribution is 2.43. The molecule has 0 radical (unpaired) electrons. The van der Waals surface area contributed by atoms with Crippen molar-refractivity contribution in [2.24, 2.45) is 0 Å². The van der Waals surface area contributed by atoms with Gasteiger partial charge in [0.05, 0.1) is 19.6 Å². The van der Waals surface area contributed by atoms with Gasteiger partial charge in [0, 0.05) is 18.6 Å². The van der Waals surface area contributed by atoms with E-state index >= 15 is 0 Å². The molecule has 0 fully saturated rings. The Hall–Kier alpha value is -3.25. The maximum atomic E-state index is 12.8. The highest BCUT2D eigenvalue weighted by atomic mass is 16.5. The number of aliphatic hydroxyl groups is 1. The van der Waals surface area contributed by atoms with Gasteiger partial charge in [-0.3, -0.25) is 4.79 Å². The predicted octanol–water partition coefficient (Wildman–Crippen LogP) is 4.80. The quantitative estimate of drug-likeness (QED) is 0.538. The fourth-order valence-electron chi connectivity index (χ4n) is 3.84. The van der Waals surface area contributed by atoms with Crippen molar-refractivity contribution in [3.63, 3.8) is 0 Å². The first-order valence-electron chi connectivity index (χ1n) is 10.5. The van der Waals surface area contributed by atoms with E-state index in [4.69, 9.17) is 9.47 Å². The molecule has 6 heteroatoms. The first-order valence-corrected chi connectivity index (χ1v) is 10.5. The Labute approximate surface area is 188 Å². The lowest BCUT2D eigenvalue weighted by atomic mass is 9.90. The number of methoxy groups -OCH3 is 1. The SMILES string of the molecule is C=C(C)[C@H](O)Cc1cc([C@@H]2CC(=O)c3c(O)cc(O)cc3O2)cc(CC=C(C)C)c1OC. The number of carbonyl (C=O) groups excluding carboxylic acids is 1. The predicted molar refractivity (Wildman–Crippen MR) is 123 cm³/mol. The highest BCUT2D eigenvalue weighted by Gasteiger charge is 2.32. The number of aromatic hydroxyl groups is 2. The van der Waals surface area contributed by atoms with E-state index in [1.165, 1.54) is 6.07 Å². The van der Waals surface area contributed by atoms with E-state index in [-0.39, 0.29) is 35.0 Å². The van der Waals surface area contributed by atoms with Crippen molar-refractivity contribution in [3.05, 3.63) is 70.3 Å². The molecule has 2 aromatic rings. The lowest BCUT2D eigenvalue weighted by Crippen LogP contribution is -2.21. The Morgan fingerprint density at radius 3 is 2.53 bits per heavy atom. The van der Waals surface area contributed by atoms with Crippen molar-refractivity contribution < 1.29 is 29.6 Å². The minimum atomic E-state index is -0.737. The van der Waals surface area contributed by atoms with Gasteiger partial charge in [-0.25, -0.2) is 0 Å². The molecule has 3 rings (SSSR count). The summed E-state index contributed by atoms with van der Waals surface area (Å²) in [5, 5.41) is 30.3. The lowest BCUT2D eigenvalue weighted by Gasteiger charge is -2.27. The monoisotopic (exact) mass is 438 g/mol. The number of phenols is 2. The first-order chi connectivity index (χ1) is 15.1. The second-order valence-electron chi connectivity index (χ2n) is 8.50. The summed E-state index contributed by atoms with van der Waals surface area (Å²) in [5.41, 5.74) is 4.34. The maximum absolute atomic E-state index is 12.8. The first kappa shape index (κ1) is 23.4. The number of ketones is 1. The summed E-state index contributed by atoms with van der Waals surface area (Å²) in [7, 11) is 1.60. The Morgan fingerprint density at radius 1 is 1.22 bits per heavy atom. The van der Waals surface area contributed by atoms with Gasteiger partial charge in [0.25, 0.3) is 0 Å². The molecule has 0 saturated carbocycles. The molecule has 2 aromatic carbocycles. The largest absolute Gasteiger partial charge is 0.508 e. The lowest BCUT2D eigenvalue weighted by molar-refractivity contribution is 0.0844. The number of carbonyl (C=O) groups is 1. The second-order valence-corrected chi connectivity index (χ2v) is 8.50. The van der Waals surface area contributed by atoms with Gasteiger partial charge in [0.15, 0.2) is 5.78 Å². The van der Waals surface area contributed by atoms with Crippen molar-refractivity contribution >= 4 is 5.78 Å². The van der Waals surface area contributed by atoms with Crippen molar-refractivity contribution in [2.75, 3.05) is 7.11 Å². The minimum Gasteiger partial charge on any atom is -0.508 e. The van der Waals surface area contributed by atoms with Gasteiger partial charge in [0.2, 0.25) is 0 Å². The Balaban J connectivity index is 2.08. The summed E-state index contributed by atoms with van der Waals surface area (Å²) in [4.78, 5) is 12.8. The summed E-state index contributed by atoms with van der Waals surface area (Å²) < 4.78 is 11.7. The summed E-state index contributed by atoms with van der Waals surface area (Å²) in [6.07, 6.45) is 1.72. The van der Waals surface area contributed by atoms with Gasteiger partial charge >= 0.3 is 0 Å². The smallest absolute Gasteiger partial charge is 0.174 e. The summed E-state index contributed by atoms with van der Waals surface area (Å²) in [6, 6.07) is 6.28. The van der Waals surface area contributed by atoms with Crippen LogP contribution in [0.5, 0.6) is 23.0 Å². The molecule has 0 spiro atoms. The molecule has 2 atom stereocenters. The standard InChI is InChI=1S/C26H30O6/c1-14(2)6-7-16-8-17(9-18(26(16)31-5)10-20(28)15(3)4)23-13-22(30)25-21(29)11-19(27)12-24(25)32-23/h6,8-9,11-12,20,23,27-29H,3,7,10,13H2,1-2,4-5H3/t20-,23+/m1/s1. The van der Waals surface area contributed by atoms with Crippen LogP contribution in [-0.2, 0) is 12.8 Å². The van der Waals surface area contributed by atoms with Gasteiger partial charge in [-0.1, -0.05) is 23.8 Å². The van der Waals surface area contributed by atoms with E-state index in [0.29, 0.717) is 24.2 Å². The average molecular weight is 439 g/mol. The zero-order chi connectivity index (χ0) is 23.6. The van der Waals surface area contributed by atoms with Crippen LogP contribution in [0.3, 0.4) is 0 Å². The normalized spacial score (nSPS) is 16.0. The third kappa shape index (κ3) is 4.97. The van der Waals surface area contributed by atoms with Crippen LogP contribution < -0.4 is 9.47 Å². The number of rotatable bonds is 7. The molecular formula is C26H30O6. The molecule has 0 saturated heterocycles. The highest BCUT2D eigenvalue weighted by molar-refractivity contribution is 6.02. The van der Waals surface area contributed by atoms with Gasteiger partial charge < -0.3 is 24.8 Å². The molecule has 32 heavy (non-hydrogen) atoms. The number of fused-ring (bicyclic) bond motifs is 1. The van der Waals surface area contributed by atoms with Crippen molar-refractivity contribution in [1.29, 1.82) is 0 Å². The molecule has 0 bridgehead atoms. The molecule has 1 heterocycles. The Bertz CT molecular complexity index is 1080. The number of allylic oxidation sites excluding steroid dienone is 2. The van der Waals surface area contributed by atoms with Crippen LogP contribution in [0.2, 0.25) is 0 Å². The van der Waals surface area contributed by atoms with E-state index in [1.54, 1.807) is 14.0 Å². The molecule has 0 amide bonds. The van der Waals surface area contributed by atoms with Crippen LogP contribution in [0.25, 0.3) is 0 Å². The van der Waals surface area contributed by atoms with Gasteiger partial charge in [-0.15, -0.1) is 0 Å². The molecular weight excluding hydrogens is 408 g/mol. The molecule has 0 unspecified atom stereocenters. The van der Waals surface area contributed by atoms with Gasteiger partial charge in [-0.2, -0.15) is 0 Å². The Kier molecular flexibility index (Phi) is 6.94. The van der Waals surface area contributed by atoms with Crippen LogP contribution >= 0.6 is 0 Å². The van der Waals surface area contributed by atoms with Gasteiger partial charge in [-0.05, 0) is 56.0 Å². The zero-order valence-electron chi connectivity index (χ0n) is 18.9. The topological polar surface area (TPSA) is 96.2 Å². The number of aliphatic hydroxyl groups excluding tert-OH is 1. The number of benzene rings is 2. The van der Waals surface area contributed by atoms with Crippen LogP contribution in [0, 0.1) is 0 Å². The van der Waals surface area contributed by atoms with E-state index < -0.39 is 12.2 Å². The second kappa shape index (κ2) is 9.49. The molecule has 0 aromatic heterocycles. The fourth-order valence-corrected chi connectivity index (χ4v) is 3.84. The fraction of sp³-hybridized carbons (Fsp3) is 0.346. The van der Waals surface area contributed by atoms with E-state index in [2.05, 4.69) is 12.7 Å². The van der Waals surface area contributed by atoms with Crippen LogP contribution in [0.15, 0.2) is 48.1 Å². The number of Topliss-reactive ketones (excluding diaryl/α,β-unsaturated/α-hetero) is 1. The molecule has 1 aliphatic rings. The van der Waals surface area contributed by atoms with Crippen molar-refractivity contribution in [2.45, 2.75) is 52.2 Å². The molecule has 3 N–H and O–H groups in total. The third-order valence-electron chi connectivity index (χ3n) is 5.54. The molecule has 1 aliphatic heterocycles. The zero-order valence-corrected chi connectivity index (χ0v) is 18.9. The summed E-state index contributed by atoms with van der Waals surface area (Å²) >= 11 is 0. The number of hydrogen-bond acceptors (Lipinski definition) is 6. The summed E-state index contributed by atoms with van der Waals surface area (Å²) in [5.74, 6) is 0.0869. The van der Waals surface area contributed by atoms with E-state index in [0.717, 1.165) is 28.3 Å². The number of ether oxygens (including phenoxy) is 2. The molecule has 6 nitrogen and oxygen atoms in total. The van der Waals surface area contributed by atoms with Crippen LogP contribution in [0.1, 0.15) is 60.3 Å². The van der Waals surface area contributed by atoms with Crippen molar-refractivity contribution in [1.82, 2.24) is 0 Å². The van der Waals surface area contributed by atoms with Crippen molar-refractivity contribution in [3.8, 4) is 23.0 Å². The minimum absolute atomic E-state index is 0.0439. The van der Waals surface area contributed by atoms with Gasteiger partial charge in [0.1, 0.15) is 34.7 Å². The van der Waals surface area contributed by atoms with E-state index in [1.807, 2.05) is 26.0 Å². The number of hydrogen-bond donors (Lipinski definition) is 3. The summed E-state index contributed by atoms with van der Waals surface area (Å²) in [6.45, 7) is 9.63. The maximum Gasteiger partial charge on any atom is 0.174 e.